The van der Waals surface area contributed by atoms with E-state index >= 15 is 0 Å². The van der Waals surface area contributed by atoms with Crippen LogP contribution in [0.25, 0.3) is 0 Å². The van der Waals surface area contributed by atoms with Crippen LogP contribution < -0.4 is 10.9 Å². The van der Waals surface area contributed by atoms with Gasteiger partial charge in [0, 0.05) is 18.0 Å². The average molecular weight is 377 g/mol. The first-order chi connectivity index (χ1) is 13.7. The van der Waals surface area contributed by atoms with E-state index in [-0.39, 0.29) is 29.0 Å². The molecule has 5 rings (SSSR count). The first kappa shape index (κ1) is 17.7. The van der Waals surface area contributed by atoms with Crippen molar-refractivity contribution in [2.24, 2.45) is 0 Å². The van der Waals surface area contributed by atoms with Crippen molar-refractivity contribution < 1.29 is 4.79 Å². The Morgan fingerprint density at radius 3 is 2.32 bits per heavy atom. The molecule has 0 bridgehead atoms. The monoisotopic (exact) mass is 377 g/mol. The molecule has 146 valence electrons. The summed E-state index contributed by atoms with van der Waals surface area (Å²) in [6.45, 7) is 0. The molecule has 0 unspecified atom stereocenters. The summed E-state index contributed by atoms with van der Waals surface area (Å²) in [6, 6.07) is 14.1. The molecule has 0 saturated heterocycles. The Kier molecular flexibility index (Phi) is 4.33. The van der Waals surface area contributed by atoms with Crippen LogP contribution >= 0.6 is 0 Å². The molecule has 28 heavy (non-hydrogen) atoms. The minimum absolute atomic E-state index is 0.00195. The van der Waals surface area contributed by atoms with E-state index in [1.54, 1.807) is 10.7 Å². The summed E-state index contributed by atoms with van der Waals surface area (Å²) in [5.41, 5.74) is 1.88. The van der Waals surface area contributed by atoms with Gasteiger partial charge < -0.3 is 5.32 Å². The van der Waals surface area contributed by atoms with Gasteiger partial charge in [0.25, 0.3) is 5.56 Å². The molecule has 0 atom stereocenters. The molecule has 1 amide bonds. The first-order valence-corrected chi connectivity index (χ1v) is 10.6. The van der Waals surface area contributed by atoms with E-state index < -0.39 is 0 Å². The summed E-state index contributed by atoms with van der Waals surface area (Å²) in [5.74, 6) is 0.725. The predicted molar refractivity (Wildman–Crippen MR) is 107 cm³/mol. The predicted octanol–water partition coefficient (Wildman–Crippen LogP) is 3.45. The van der Waals surface area contributed by atoms with Crippen molar-refractivity contribution in [3.05, 3.63) is 64.1 Å². The number of rotatable bonds is 5. The van der Waals surface area contributed by atoms with E-state index in [0.29, 0.717) is 5.92 Å². The number of benzene rings is 1. The number of hydrogen-bond donors (Lipinski definition) is 1. The highest BCUT2D eigenvalue weighted by atomic mass is 16.2. The van der Waals surface area contributed by atoms with Gasteiger partial charge >= 0.3 is 0 Å². The second kappa shape index (κ2) is 6.87. The van der Waals surface area contributed by atoms with Gasteiger partial charge in [0.1, 0.15) is 0 Å². The highest BCUT2D eigenvalue weighted by Gasteiger charge is 2.51. The van der Waals surface area contributed by atoms with Crippen LogP contribution in [-0.4, -0.2) is 21.7 Å². The molecule has 0 radical (unpaired) electrons. The Morgan fingerprint density at radius 2 is 1.68 bits per heavy atom. The van der Waals surface area contributed by atoms with E-state index in [1.165, 1.54) is 12.8 Å². The lowest BCUT2D eigenvalue weighted by atomic mass is 9.89. The van der Waals surface area contributed by atoms with Gasteiger partial charge in [0.2, 0.25) is 5.91 Å². The molecule has 0 spiro atoms. The van der Waals surface area contributed by atoms with E-state index in [1.807, 2.05) is 24.3 Å². The smallest absolute Gasteiger partial charge is 0.267 e. The topological polar surface area (TPSA) is 64.0 Å². The second-order valence-corrected chi connectivity index (χ2v) is 8.74. The third-order valence-corrected chi connectivity index (χ3v) is 6.73. The van der Waals surface area contributed by atoms with E-state index in [4.69, 9.17) is 0 Å². The van der Waals surface area contributed by atoms with Crippen molar-refractivity contribution in [3.63, 3.8) is 0 Å². The van der Waals surface area contributed by atoms with Gasteiger partial charge in [-0.3, -0.25) is 9.59 Å². The van der Waals surface area contributed by atoms with Crippen LogP contribution in [0.15, 0.2) is 47.3 Å². The van der Waals surface area contributed by atoms with Crippen molar-refractivity contribution in [1.29, 1.82) is 0 Å². The Hall–Kier alpha value is -2.43. The maximum Gasteiger partial charge on any atom is 0.267 e. The number of nitrogens with zero attached hydrogens (tertiary/aromatic N) is 2. The lowest BCUT2D eigenvalue weighted by Crippen LogP contribution is -2.44. The molecule has 1 aromatic heterocycles. The zero-order chi connectivity index (χ0) is 19.1. The number of nitrogens with one attached hydrogen (secondary N) is 1. The van der Waals surface area contributed by atoms with Crippen LogP contribution in [0.2, 0.25) is 0 Å². The van der Waals surface area contributed by atoms with Crippen LogP contribution in [-0.2, 0) is 10.2 Å². The van der Waals surface area contributed by atoms with Gasteiger partial charge in [-0.15, -0.1) is 0 Å². The molecule has 0 aliphatic heterocycles. The highest BCUT2D eigenvalue weighted by Crippen LogP contribution is 2.48. The number of amides is 1. The SMILES string of the molecule is O=C(NC1CCC(n2nc(C3CC3)ccc2=O)CC1)C1(c2ccccc2)CC1. The van der Waals surface area contributed by atoms with Crippen molar-refractivity contribution in [1.82, 2.24) is 15.1 Å². The van der Waals surface area contributed by atoms with Crippen molar-refractivity contribution in [2.75, 3.05) is 0 Å². The minimum Gasteiger partial charge on any atom is -0.353 e. The third kappa shape index (κ3) is 3.27. The van der Waals surface area contributed by atoms with Gasteiger partial charge in [-0.05, 0) is 63.0 Å². The molecular formula is C23H27N3O2. The molecule has 2 aromatic rings. The molecule has 1 N–H and O–H groups in total. The maximum absolute atomic E-state index is 12.9. The van der Waals surface area contributed by atoms with Crippen molar-refractivity contribution in [2.45, 2.75) is 74.8 Å². The summed E-state index contributed by atoms with van der Waals surface area (Å²) < 4.78 is 1.71. The Balaban J connectivity index is 1.22. The largest absolute Gasteiger partial charge is 0.353 e. The van der Waals surface area contributed by atoms with E-state index in [0.717, 1.165) is 49.8 Å². The molecule has 3 aliphatic carbocycles. The molecule has 5 heteroatoms. The normalized spacial score (nSPS) is 25.9. The fourth-order valence-corrected chi connectivity index (χ4v) is 4.62. The van der Waals surface area contributed by atoms with Crippen LogP contribution in [0.3, 0.4) is 0 Å². The number of carbonyl (C=O) groups excluding carboxylic acids is 1. The quantitative estimate of drug-likeness (QED) is 0.868. The number of carbonyl (C=O) groups is 1. The lowest BCUT2D eigenvalue weighted by molar-refractivity contribution is -0.124. The first-order valence-electron chi connectivity index (χ1n) is 10.6. The second-order valence-electron chi connectivity index (χ2n) is 8.74. The van der Waals surface area contributed by atoms with Crippen LogP contribution in [0.5, 0.6) is 0 Å². The Labute approximate surface area is 165 Å². The van der Waals surface area contributed by atoms with Crippen LogP contribution in [0.1, 0.15) is 74.6 Å². The molecule has 3 fully saturated rings. The van der Waals surface area contributed by atoms with E-state index in [2.05, 4.69) is 22.5 Å². The van der Waals surface area contributed by atoms with Gasteiger partial charge in [-0.25, -0.2) is 4.68 Å². The van der Waals surface area contributed by atoms with Gasteiger partial charge in [-0.1, -0.05) is 30.3 Å². The highest BCUT2D eigenvalue weighted by molar-refractivity contribution is 5.91. The summed E-state index contributed by atoms with van der Waals surface area (Å²) >= 11 is 0. The summed E-state index contributed by atoms with van der Waals surface area (Å²) in [5, 5.41) is 7.95. The lowest BCUT2D eigenvalue weighted by Gasteiger charge is -2.31. The van der Waals surface area contributed by atoms with Gasteiger partial charge in [-0.2, -0.15) is 5.10 Å². The van der Waals surface area contributed by atoms with Crippen molar-refractivity contribution >= 4 is 5.91 Å². The molecule has 3 saturated carbocycles. The van der Waals surface area contributed by atoms with Gasteiger partial charge in [0.05, 0.1) is 17.2 Å². The minimum atomic E-state index is -0.310. The summed E-state index contributed by atoms with van der Waals surface area (Å²) in [4.78, 5) is 25.2. The zero-order valence-corrected chi connectivity index (χ0v) is 16.1. The fraction of sp³-hybridized carbons (Fsp3) is 0.522. The third-order valence-electron chi connectivity index (χ3n) is 6.73. The maximum atomic E-state index is 12.9. The van der Waals surface area contributed by atoms with Crippen LogP contribution in [0, 0.1) is 0 Å². The van der Waals surface area contributed by atoms with Crippen molar-refractivity contribution in [3.8, 4) is 0 Å². The van der Waals surface area contributed by atoms with Crippen LogP contribution in [0.4, 0.5) is 0 Å². The average Bonchev–Trinajstić information content (AvgIpc) is 3.64. The summed E-state index contributed by atoms with van der Waals surface area (Å²) in [6.07, 6.45) is 7.85. The molecule has 5 nitrogen and oxygen atoms in total. The Morgan fingerprint density at radius 1 is 0.964 bits per heavy atom. The van der Waals surface area contributed by atoms with E-state index in [9.17, 15) is 9.59 Å². The summed E-state index contributed by atoms with van der Waals surface area (Å²) in [7, 11) is 0. The fourth-order valence-electron chi connectivity index (χ4n) is 4.62. The Bertz CT molecular complexity index is 920. The van der Waals surface area contributed by atoms with Gasteiger partial charge in [0.15, 0.2) is 0 Å². The molecule has 1 heterocycles. The number of hydrogen-bond acceptors (Lipinski definition) is 3. The molecule has 3 aliphatic rings. The standard InChI is InChI=1S/C23H27N3O2/c27-21-13-12-20(16-6-7-16)25-26(21)19-10-8-18(9-11-19)24-22(28)23(14-15-23)17-4-2-1-3-5-17/h1-5,12-13,16,18-19H,6-11,14-15H2,(H,24,28). The molecular weight excluding hydrogens is 350 g/mol. The zero-order valence-electron chi connectivity index (χ0n) is 16.1. The molecule has 1 aromatic carbocycles. The number of aromatic nitrogens is 2.